The van der Waals surface area contributed by atoms with Crippen LogP contribution in [0.5, 0.6) is 11.5 Å². The van der Waals surface area contributed by atoms with Crippen LogP contribution in [0.3, 0.4) is 0 Å². The Morgan fingerprint density at radius 2 is 1.64 bits per heavy atom. The lowest BCUT2D eigenvalue weighted by Gasteiger charge is -2.17. The molecule has 2 aromatic carbocycles. The molecule has 4 aromatic rings. The summed E-state index contributed by atoms with van der Waals surface area (Å²) in [6, 6.07) is 16.8. The first-order valence-corrected chi connectivity index (χ1v) is 15.0. The van der Waals surface area contributed by atoms with E-state index in [1.807, 2.05) is 44.2 Å². The van der Waals surface area contributed by atoms with Gasteiger partial charge in [0.15, 0.2) is 10.2 Å². The maximum atomic E-state index is 13.1. The highest BCUT2D eigenvalue weighted by molar-refractivity contribution is 8.14. The summed E-state index contributed by atoms with van der Waals surface area (Å²) in [4.78, 5) is 44.8. The molecule has 9 nitrogen and oxygen atoms in total. The smallest absolute Gasteiger partial charge is 0.229 e. The normalized spacial score (nSPS) is 10.8. The van der Waals surface area contributed by atoms with Crippen LogP contribution >= 0.6 is 23.5 Å². The van der Waals surface area contributed by atoms with E-state index in [2.05, 4.69) is 26.7 Å². The van der Waals surface area contributed by atoms with E-state index in [1.54, 1.807) is 24.4 Å². The summed E-state index contributed by atoms with van der Waals surface area (Å²) in [5.41, 5.74) is 4.54. The molecule has 2 N–H and O–H groups in total. The number of anilines is 3. The Bertz CT molecular complexity index is 1670. The average molecular weight is 600 g/mol. The second-order valence-electron chi connectivity index (χ2n) is 9.52. The van der Waals surface area contributed by atoms with Crippen molar-refractivity contribution in [1.29, 1.82) is 5.26 Å². The monoisotopic (exact) mass is 599 g/mol. The fourth-order valence-electron chi connectivity index (χ4n) is 4.00. The van der Waals surface area contributed by atoms with E-state index in [-0.39, 0.29) is 27.6 Å². The molecule has 0 aliphatic heterocycles. The number of nitrogens with zero attached hydrogens (tertiary/aromatic N) is 3. The van der Waals surface area contributed by atoms with Crippen LogP contribution in [0.2, 0.25) is 0 Å². The van der Waals surface area contributed by atoms with Crippen molar-refractivity contribution in [2.45, 2.75) is 27.7 Å². The fraction of sp³-hybridized carbons (Fsp3) is 0.226. The molecular formula is C31H29N5O4S2. The largest absolute Gasteiger partial charge is 0.455 e. The molecule has 0 saturated heterocycles. The summed E-state index contributed by atoms with van der Waals surface area (Å²) in [6.07, 6.45) is 3.18. The molecule has 0 aliphatic carbocycles. The molecular weight excluding hydrogens is 571 g/mol. The van der Waals surface area contributed by atoms with Crippen molar-refractivity contribution >= 4 is 67.6 Å². The van der Waals surface area contributed by atoms with E-state index >= 15 is 0 Å². The summed E-state index contributed by atoms with van der Waals surface area (Å²) >= 11 is 2.10. The van der Waals surface area contributed by atoms with Crippen molar-refractivity contribution < 1.29 is 19.1 Å². The number of carbonyl (C=O) groups is 3. The molecule has 1 amide bonds. The van der Waals surface area contributed by atoms with Crippen molar-refractivity contribution in [3.05, 3.63) is 77.7 Å². The number of benzene rings is 2. The zero-order valence-electron chi connectivity index (χ0n) is 23.6. The third-order valence-corrected chi connectivity index (χ3v) is 8.11. The zero-order valence-corrected chi connectivity index (χ0v) is 25.2. The first kappa shape index (κ1) is 30.6. The van der Waals surface area contributed by atoms with Gasteiger partial charge < -0.3 is 15.4 Å². The van der Waals surface area contributed by atoms with Crippen molar-refractivity contribution in [2.75, 3.05) is 22.1 Å². The van der Waals surface area contributed by atoms with Crippen molar-refractivity contribution in [1.82, 2.24) is 9.97 Å². The van der Waals surface area contributed by atoms with Gasteiger partial charge in [0.2, 0.25) is 5.91 Å². The Hall–Kier alpha value is -4.40. The summed E-state index contributed by atoms with van der Waals surface area (Å²) in [6.45, 7) is 6.72. The minimum absolute atomic E-state index is 0.0980. The third kappa shape index (κ3) is 8.09. The van der Waals surface area contributed by atoms with Gasteiger partial charge in [-0.2, -0.15) is 5.26 Å². The number of hydrogen-bond acceptors (Lipinski definition) is 10. The molecule has 214 valence electrons. The van der Waals surface area contributed by atoms with Gasteiger partial charge in [0, 0.05) is 54.0 Å². The topological polar surface area (TPSA) is 134 Å². The maximum Gasteiger partial charge on any atom is 0.229 e. The molecule has 42 heavy (non-hydrogen) atoms. The summed E-state index contributed by atoms with van der Waals surface area (Å²) < 4.78 is 5.98. The third-order valence-electron chi connectivity index (χ3n) is 6.16. The number of rotatable bonds is 10. The highest BCUT2D eigenvalue weighted by Crippen LogP contribution is 2.33. The van der Waals surface area contributed by atoms with Gasteiger partial charge in [0.05, 0.1) is 28.9 Å². The van der Waals surface area contributed by atoms with Crippen LogP contribution in [0.4, 0.5) is 17.1 Å². The maximum absolute atomic E-state index is 13.1. The molecule has 0 fully saturated rings. The number of thioether (sulfide) groups is 2. The van der Waals surface area contributed by atoms with Crippen LogP contribution in [0, 0.1) is 31.1 Å². The minimum atomic E-state index is -0.552. The van der Waals surface area contributed by atoms with E-state index in [1.165, 1.54) is 20.0 Å². The van der Waals surface area contributed by atoms with E-state index in [0.717, 1.165) is 40.5 Å². The van der Waals surface area contributed by atoms with Crippen molar-refractivity contribution in [3.63, 3.8) is 0 Å². The molecule has 0 atom stereocenters. The second kappa shape index (κ2) is 14.0. The second-order valence-corrected chi connectivity index (χ2v) is 11.9. The number of hydrogen-bond donors (Lipinski definition) is 2. The molecule has 0 bridgehead atoms. The molecule has 0 radical (unpaired) electrons. The number of aryl methyl sites for hydroxylation is 2. The van der Waals surface area contributed by atoms with Gasteiger partial charge >= 0.3 is 0 Å². The number of amides is 1. The Morgan fingerprint density at radius 1 is 0.929 bits per heavy atom. The average Bonchev–Trinajstić information content (AvgIpc) is 2.95. The van der Waals surface area contributed by atoms with Gasteiger partial charge in [-0.1, -0.05) is 23.5 Å². The van der Waals surface area contributed by atoms with Crippen LogP contribution in [0.15, 0.2) is 60.9 Å². The molecule has 4 rings (SSSR count). The van der Waals surface area contributed by atoms with Gasteiger partial charge in [-0.05, 0) is 67.9 Å². The quantitative estimate of drug-likeness (QED) is 0.201. The predicted molar refractivity (Wildman–Crippen MR) is 168 cm³/mol. The number of fused-ring (bicyclic) bond motifs is 1. The molecule has 0 unspecified atom stereocenters. The minimum Gasteiger partial charge on any atom is -0.455 e. The molecule has 0 spiro atoms. The van der Waals surface area contributed by atoms with E-state index in [0.29, 0.717) is 39.3 Å². The lowest BCUT2D eigenvalue weighted by Crippen LogP contribution is -2.27. The Kier molecular flexibility index (Phi) is 10.2. The zero-order chi connectivity index (χ0) is 30.2. The Morgan fingerprint density at radius 3 is 2.26 bits per heavy atom. The van der Waals surface area contributed by atoms with Crippen LogP contribution in [-0.4, -0.2) is 37.6 Å². The first-order valence-electron chi connectivity index (χ1n) is 13.0. The molecule has 2 aromatic heterocycles. The van der Waals surface area contributed by atoms with Crippen LogP contribution < -0.4 is 15.4 Å². The first-order chi connectivity index (χ1) is 20.1. The number of carbonyl (C=O) groups excluding carboxylic acids is 3. The predicted octanol–water partition coefficient (Wildman–Crippen LogP) is 6.77. The van der Waals surface area contributed by atoms with Gasteiger partial charge in [-0.25, -0.2) is 0 Å². The number of pyridine rings is 2. The van der Waals surface area contributed by atoms with Gasteiger partial charge in [-0.3, -0.25) is 24.4 Å². The van der Waals surface area contributed by atoms with Crippen LogP contribution in [-0.2, 0) is 14.4 Å². The highest BCUT2D eigenvalue weighted by Gasteiger charge is 2.21. The number of nitrogens with one attached hydrogen (secondary N) is 2. The van der Waals surface area contributed by atoms with Crippen molar-refractivity contribution in [2.24, 2.45) is 5.92 Å². The molecule has 11 heteroatoms. The standard InChI is InChI=1S/C31H29N5O4S2/c1-18-11-24(7-10-29(18)40-26-8-5-19(2)33-15-26)35-30-22(13-32)14-34-28-9-6-25(12-27(28)30)36-31(39)23(16-41-20(3)37)17-42-21(4)38/h5-12,14-15,23H,16-17H2,1-4H3,(H,34,35)(H,36,39). The summed E-state index contributed by atoms with van der Waals surface area (Å²) in [7, 11) is 0. The van der Waals surface area contributed by atoms with E-state index in [4.69, 9.17) is 4.74 Å². The SMILES string of the molecule is CC(=O)SCC(CSC(C)=O)C(=O)Nc1ccc2ncc(C#N)c(Nc3ccc(Oc4ccc(C)nc4)c(C)c3)c2c1. The van der Waals surface area contributed by atoms with E-state index in [9.17, 15) is 19.6 Å². The highest BCUT2D eigenvalue weighted by atomic mass is 32.2. The number of nitriles is 1. The number of aromatic nitrogens is 2. The van der Waals surface area contributed by atoms with Crippen LogP contribution in [0.1, 0.15) is 30.7 Å². The van der Waals surface area contributed by atoms with Gasteiger partial charge in [0.25, 0.3) is 0 Å². The van der Waals surface area contributed by atoms with Crippen molar-refractivity contribution in [3.8, 4) is 17.6 Å². The number of ether oxygens (including phenoxy) is 1. The molecule has 2 heterocycles. The molecule has 0 aliphatic rings. The van der Waals surface area contributed by atoms with Crippen LogP contribution in [0.25, 0.3) is 10.9 Å². The van der Waals surface area contributed by atoms with Gasteiger partial charge in [-0.15, -0.1) is 0 Å². The fourth-order valence-corrected chi connectivity index (χ4v) is 5.56. The van der Waals surface area contributed by atoms with Gasteiger partial charge in [0.1, 0.15) is 17.6 Å². The van der Waals surface area contributed by atoms with E-state index < -0.39 is 5.92 Å². The Balaban J connectivity index is 1.59. The Labute approximate surface area is 252 Å². The molecule has 0 saturated carbocycles. The lowest BCUT2D eigenvalue weighted by molar-refractivity contribution is -0.118. The summed E-state index contributed by atoms with van der Waals surface area (Å²) in [5, 5.41) is 16.5. The lowest BCUT2D eigenvalue weighted by atomic mass is 10.1. The summed E-state index contributed by atoms with van der Waals surface area (Å²) in [5.74, 6) is 0.988.